The molecule has 26 heavy (non-hydrogen) atoms. The van der Waals surface area contributed by atoms with Crippen LogP contribution >= 0.6 is 0 Å². The molecule has 0 aromatic carbocycles. The van der Waals surface area contributed by atoms with Crippen molar-refractivity contribution < 1.29 is 13.2 Å². The maximum absolute atomic E-state index is 12.5. The van der Waals surface area contributed by atoms with Crippen molar-refractivity contribution in [1.29, 1.82) is 0 Å². The molecule has 0 saturated carbocycles. The van der Waals surface area contributed by atoms with E-state index in [1.807, 2.05) is 13.8 Å². The Morgan fingerprint density at radius 3 is 3.04 bits per heavy atom. The number of nitrogens with one attached hydrogen (secondary N) is 3. The SMILES string of the molecule is CC(C)CS(=O)(=O)N1CCCC1CNC(=O)Nc1cnc2[nH]ccc2n1. The monoisotopic (exact) mass is 380 g/mol. The highest BCUT2D eigenvalue weighted by atomic mass is 32.2. The van der Waals surface area contributed by atoms with Crippen molar-refractivity contribution in [3.05, 3.63) is 18.5 Å². The first-order chi connectivity index (χ1) is 12.3. The summed E-state index contributed by atoms with van der Waals surface area (Å²) in [5, 5.41) is 5.37. The smallest absolute Gasteiger partial charge is 0.320 e. The first-order valence-corrected chi connectivity index (χ1v) is 10.3. The van der Waals surface area contributed by atoms with Gasteiger partial charge in [-0.3, -0.25) is 5.32 Å². The van der Waals surface area contributed by atoms with Crippen LogP contribution in [0.2, 0.25) is 0 Å². The summed E-state index contributed by atoms with van der Waals surface area (Å²) in [5.41, 5.74) is 1.30. The highest BCUT2D eigenvalue weighted by Crippen LogP contribution is 2.22. The number of anilines is 1. The van der Waals surface area contributed by atoms with E-state index in [2.05, 4.69) is 25.6 Å². The van der Waals surface area contributed by atoms with E-state index in [4.69, 9.17) is 0 Å². The summed E-state index contributed by atoms with van der Waals surface area (Å²) < 4.78 is 26.5. The van der Waals surface area contributed by atoms with E-state index in [1.54, 1.807) is 12.3 Å². The maximum atomic E-state index is 12.5. The highest BCUT2D eigenvalue weighted by Gasteiger charge is 2.34. The van der Waals surface area contributed by atoms with E-state index in [1.165, 1.54) is 10.5 Å². The standard InChI is InChI=1S/C16H24N6O3S/c1-11(2)10-26(24,25)22-7-3-4-12(22)8-19-16(23)21-14-9-18-15-13(20-14)5-6-17-15/h5-6,9,11-12H,3-4,7-8,10H2,1-2H3,(H,17,18)(H2,19,20,21,23). The molecule has 0 bridgehead atoms. The lowest BCUT2D eigenvalue weighted by atomic mass is 10.2. The lowest BCUT2D eigenvalue weighted by Gasteiger charge is -2.25. The number of nitrogens with zero attached hydrogens (tertiary/aromatic N) is 3. The molecule has 1 aliphatic heterocycles. The Morgan fingerprint density at radius 1 is 1.46 bits per heavy atom. The summed E-state index contributed by atoms with van der Waals surface area (Å²) in [6.07, 6.45) is 4.74. The number of aromatic nitrogens is 3. The number of hydrogen-bond acceptors (Lipinski definition) is 5. The largest absolute Gasteiger partial charge is 0.345 e. The van der Waals surface area contributed by atoms with Crippen LogP contribution in [0.15, 0.2) is 18.5 Å². The van der Waals surface area contributed by atoms with Crippen molar-refractivity contribution in [2.75, 3.05) is 24.2 Å². The molecule has 0 aliphatic carbocycles. The van der Waals surface area contributed by atoms with Gasteiger partial charge in [0.05, 0.1) is 11.9 Å². The lowest BCUT2D eigenvalue weighted by molar-refractivity contribution is 0.249. The maximum Gasteiger partial charge on any atom is 0.320 e. The molecule has 1 aliphatic rings. The number of carbonyl (C=O) groups is 1. The summed E-state index contributed by atoms with van der Waals surface area (Å²) in [6, 6.07) is 1.13. The van der Waals surface area contributed by atoms with Gasteiger partial charge in [0.25, 0.3) is 0 Å². The molecule has 3 rings (SSSR count). The molecular weight excluding hydrogens is 356 g/mol. The van der Waals surface area contributed by atoms with Crippen molar-refractivity contribution in [2.45, 2.75) is 32.7 Å². The molecule has 0 spiro atoms. The number of H-pyrrole nitrogens is 1. The van der Waals surface area contributed by atoms with Gasteiger partial charge in [-0.2, -0.15) is 4.31 Å². The zero-order valence-electron chi connectivity index (χ0n) is 14.9. The van der Waals surface area contributed by atoms with E-state index < -0.39 is 16.1 Å². The number of aromatic amines is 1. The summed E-state index contributed by atoms with van der Waals surface area (Å²) in [6.45, 7) is 4.55. The fraction of sp³-hybridized carbons (Fsp3) is 0.562. The Bertz CT molecular complexity index is 879. The number of carbonyl (C=O) groups excluding carboxylic acids is 1. The molecule has 1 fully saturated rings. The van der Waals surface area contributed by atoms with E-state index in [9.17, 15) is 13.2 Å². The van der Waals surface area contributed by atoms with Crippen LogP contribution in [0.25, 0.3) is 11.2 Å². The average molecular weight is 380 g/mol. The first-order valence-electron chi connectivity index (χ1n) is 8.69. The summed E-state index contributed by atoms with van der Waals surface area (Å²) in [5.74, 6) is 0.534. The van der Waals surface area contributed by atoms with Gasteiger partial charge in [-0.05, 0) is 24.8 Å². The molecule has 1 unspecified atom stereocenters. The Morgan fingerprint density at radius 2 is 2.27 bits per heavy atom. The quantitative estimate of drug-likeness (QED) is 0.702. The molecule has 2 aromatic rings. The normalized spacial score (nSPS) is 18.5. The van der Waals surface area contributed by atoms with Crippen molar-refractivity contribution in [3.8, 4) is 0 Å². The molecule has 3 N–H and O–H groups in total. The van der Waals surface area contributed by atoms with Crippen LogP contribution in [-0.2, 0) is 10.0 Å². The third-order valence-electron chi connectivity index (χ3n) is 4.22. The molecule has 142 valence electrons. The molecule has 2 amide bonds. The minimum atomic E-state index is -3.30. The van der Waals surface area contributed by atoms with Crippen LogP contribution in [0.5, 0.6) is 0 Å². The molecular formula is C16H24N6O3S. The van der Waals surface area contributed by atoms with Gasteiger partial charge in [-0.1, -0.05) is 13.8 Å². The van der Waals surface area contributed by atoms with Crippen molar-refractivity contribution in [1.82, 2.24) is 24.6 Å². The average Bonchev–Trinajstić information content (AvgIpc) is 3.20. The third kappa shape index (κ3) is 4.31. The molecule has 3 heterocycles. The van der Waals surface area contributed by atoms with Gasteiger partial charge in [0, 0.05) is 25.3 Å². The van der Waals surface area contributed by atoms with Gasteiger partial charge in [-0.15, -0.1) is 0 Å². The fourth-order valence-corrected chi connectivity index (χ4v) is 5.23. The second kappa shape index (κ2) is 7.58. The Balaban J connectivity index is 1.56. The second-order valence-electron chi connectivity index (χ2n) is 6.88. The summed E-state index contributed by atoms with van der Waals surface area (Å²) >= 11 is 0. The van der Waals surface area contributed by atoms with Crippen LogP contribution in [-0.4, -0.2) is 58.6 Å². The van der Waals surface area contributed by atoms with Gasteiger partial charge >= 0.3 is 6.03 Å². The molecule has 9 nitrogen and oxygen atoms in total. The second-order valence-corrected chi connectivity index (χ2v) is 8.85. The summed E-state index contributed by atoms with van der Waals surface area (Å²) in [4.78, 5) is 23.5. The van der Waals surface area contributed by atoms with Crippen LogP contribution < -0.4 is 10.6 Å². The number of amides is 2. The van der Waals surface area contributed by atoms with Crippen molar-refractivity contribution >= 4 is 33.0 Å². The molecule has 1 atom stereocenters. The molecule has 2 aromatic heterocycles. The molecule has 1 saturated heterocycles. The zero-order valence-corrected chi connectivity index (χ0v) is 15.7. The number of rotatable bonds is 6. The van der Waals surface area contributed by atoms with Crippen LogP contribution in [0.4, 0.5) is 10.6 Å². The van der Waals surface area contributed by atoms with E-state index in [0.717, 1.165) is 12.8 Å². The van der Waals surface area contributed by atoms with Crippen LogP contribution in [0.1, 0.15) is 26.7 Å². The summed E-state index contributed by atoms with van der Waals surface area (Å²) in [7, 11) is -3.30. The van der Waals surface area contributed by atoms with E-state index in [0.29, 0.717) is 23.5 Å². The van der Waals surface area contributed by atoms with Gasteiger partial charge in [-0.25, -0.2) is 23.2 Å². The topological polar surface area (TPSA) is 120 Å². The van der Waals surface area contributed by atoms with Crippen LogP contribution in [0, 0.1) is 5.92 Å². The predicted octanol–water partition coefficient (Wildman–Crippen LogP) is 1.53. The van der Waals surface area contributed by atoms with Crippen LogP contribution in [0.3, 0.4) is 0 Å². The van der Waals surface area contributed by atoms with E-state index in [-0.39, 0.29) is 24.3 Å². The minimum Gasteiger partial charge on any atom is -0.345 e. The first kappa shape index (κ1) is 18.6. The Kier molecular flexibility index (Phi) is 5.42. The Labute approximate surface area is 152 Å². The van der Waals surface area contributed by atoms with E-state index >= 15 is 0 Å². The zero-order chi connectivity index (χ0) is 18.7. The highest BCUT2D eigenvalue weighted by molar-refractivity contribution is 7.89. The number of sulfonamides is 1. The molecule has 10 heteroatoms. The lowest BCUT2D eigenvalue weighted by Crippen LogP contribution is -2.45. The Hall–Kier alpha value is -2.20. The van der Waals surface area contributed by atoms with Gasteiger partial charge in [0.2, 0.25) is 10.0 Å². The predicted molar refractivity (Wildman–Crippen MR) is 99.3 cm³/mol. The van der Waals surface area contributed by atoms with Crippen molar-refractivity contribution in [2.24, 2.45) is 5.92 Å². The minimum absolute atomic E-state index is 0.0689. The van der Waals surface area contributed by atoms with Gasteiger partial charge < -0.3 is 10.3 Å². The number of urea groups is 1. The fourth-order valence-electron chi connectivity index (χ4n) is 3.16. The third-order valence-corrected chi connectivity index (χ3v) is 6.51. The van der Waals surface area contributed by atoms with Crippen molar-refractivity contribution in [3.63, 3.8) is 0 Å². The number of hydrogen-bond donors (Lipinski definition) is 3. The van der Waals surface area contributed by atoms with Gasteiger partial charge in [0.1, 0.15) is 5.52 Å². The number of fused-ring (bicyclic) bond motifs is 1. The molecule has 0 radical (unpaired) electrons. The van der Waals surface area contributed by atoms with Gasteiger partial charge in [0.15, 0.2) is 11.5 Å².